The highest BCUT2D eigenvalue weighted by Crippen LogP contribution is 2.16. The Balaban J connectivity index is 0. The van der Waals surface area contributed by atoms with Gasteiger partial charge in [-0.2, -0.15) is 0 Å². The molecule has 0 spiro atoms. The monoisotopic (exact) mass is 281 g/mol. The first-order chi connectivity index (χ1) is 7.79. The van der Waals surface area contributed by atoms with Crippen LogP contribution in [0, 0.1) is 5.41 Å². The van der Waals surface area contributed by atoms with Gasteiger partial charge in [0.25, 0.3) is 0 Å². The van der Waals surface area contributed by atoms with Crippen molar-refractivity contribution in [2.75, 3.05) is 26.8 Å². The summed E-state index contributed by atoms with van der Waals surface area (Å²) in [5, 5.41) is 5.10. The van der Waals surface area contributed by atoms with Crippen molar-refractivity contribution in [3.63, 3.8) is 0 Å². The molecule has 18 heavy (non-hydrogen) atoms. The van der Waals surface area contributed by atoms with Gasteiger partial charge in [0.2, 0.25) is 11.8 Å². The summed E-state index contributed by atoms with van der Waals surface area (Å²) in [5.41, 5.74) is 5.42. The average Bonchev–Trinajstić information content (AvgIpc) is 2.24. The van der Waals surface area contributed by atoms with Crippen molar-refractivity contribution in [2.45, 2.75) is 26.8 Å². The van der Waals surface area contributed by atoms with Crippen molar-refractivity contribution >= 4 is 24.2 Å². The Morgan fingerprint density at radius 2 is 1.83 bits per heavy atom. The summed E-state index contributed by atoms with van der Waals surface area (Å²) in [7, 11) is 1.55. The lowest BCUT2D eigenvalue weighted by Gasteiger charge is -2.25. The summed E-state index contributed by atoms with van der Waals surface area (Å²) in [6.45, 7) is 6.42. The summed E-state index contributed by atoms with van der Waals surface area (Å²) < 4.78 is 4.78. The van der Waals surface area contributed by atoms with Gasteiger partial charge in [-0.15, -0.1) is 12.4 Å². The number of amides is 2. The van der Waals surface area contributed by atoms with E-state index in [9.17, 15) is 9.59 Å². The van der Waals surface area contributed by atoms with Crippen LogP contribution in [0.1, 0.15) is 20.8 Å². The third-order valence-electron chi connectivity index (χ3n) is 2.27. The lowest BCUT2D eigenvalue weighted by atomic mass is 9.87. The molecule has 4 N–H and O–H groups in total. The maximum atomic E-state index is 11.6. The summed E-state index contributed by atoms with van der Waals surface area (Å²) in [6.07, 6.45) is 0. The van der Waals surface area contributed by atoms with E-state index in [-0.39, 0.29) is 36.2 Å². The Morgan fingerprint density at radius 1 is 1.28 bits per heavy atom. The summed E-state index contributed by atoms with van der Waals surface area (Å²) in [5.74, 6) is -0.573. The van der Waals surface area contributed by atoms with E-state index in [1.165, 1.54) is 0 Å². The fraction of sp³-hybridized carbons (Fsp3) is 0.818. The number of hydrogen-bond donors (Lipinski definition) is 3. The highest BCUT2D eigenvalue weighted by molar-refractivity contribution is 5.87. The van der Waals surface area contributed by atoms with E-state index >= 15 is 0 Å². The van der Waals surface area contributed by atoms with Crippen LogP contribution >= 0.6 is 12.4 Å². The van der Waals surface area contributed by atoms with E-state index in [1.54, 1.807) is 7.11 Å². The van der Waals surface area contributed by atoms with Crippen LogP contribution in [0.5, 0.6) is 0 Å². The molecule has 1 atom stereocenters. The molecule has 0 aromatic rings. The molecule has 0 aromatic heterocycles. The highest BCUT2D eigenvalue weighted by Gasteiger charge is 2.27. The fourth-order valence-corrected chi connectivity index (χ4v) is 1.03. The van der Waals surface area contributed by atoms with Gasteiger partial charge in [0.05, 0.1) is 19.2 Å². The number of carbonyl (C=O) groups is 2. The molecular weight excluding hydrogens is 258 g/mol. The zero-order valence-corrected chi connectivity index (χ0v) is 12.2. The molecule has 0 aliphatic rings. The van der Waals surface area contributed by atoms with Gasteiger partial charge in [0.1, 0.15) is 0 Å². The Hall–Kier alpha value is -0.850. The molecule has 0 heterocycles. The van der Waals surface area contributed by atoms with E-state index in [1.807, 2.05) is 20.8 Å². The second kappa shape index (κ2) is 9.13. The zero-order valence-electron chi connectivity index (χ0n) is 11.4. The zero-order chi connectivity index (χ0) is 13.5. The summed E-state index contributed by atoms with van der Waals surface area (Å²) in [6, 6.07) is -0.630. The van der Waals surface area contributed by atoms with Gasteiger partial charge in [-0.25, -0.2) is 0 Å². The molecule has 0 aliphatic carbocycles. The van der Waals surface area contributed by atoms with Crippen LogP contribution in [0.25, 0.3) is 0 Å². The normalized spacial score (nSPS) is 12.3. The second-order valence-corrected chi connectivity index (χ2v) is 4.90. The summed E-state index contributed by atoms with van der Waals surface area (Å²) in [4.78, 5) is 22.9. The van der Waals surface area contributed by atoms with Crippen molar-refractivity contribution in [2.24, 2.45) is 11.1 Å². The fourth-order valence-electron chi connectivity index (χ4n) is 1.03. The molecule has 0 aliphatic heterocycles. The average molecular weight is 282 g/mol. The van der Waals surface area contributed by atoms with Crippen LogP contribution in [0.2, 0.25) is 0 Å². The Kier molecular flexibility index (Phi) is 9.88. The van der Waals surface area contributed by atoms with Crippen molar-refractivity contribution < 1.29 is 14.3 Å². The molecule has 7 heteroatoms. The number of nitrogens with two attached hydrogens (primary N) is 1. The number of halogens is 1. The van der Waals surface area contributed by atoms with Crippen molar-refractivity contribution in [3.8, 4) is 0 Å². The van der Waals surface area contributed by atoms with Crippen LogP contribution in [0.4, 0.5) is 0 Å². The van der Waals surface area contributed by atoms with Crippen LogP contribution in [-0.2, 0) is 14.3 Å². The Morgan fingerprint density at radius 3 is 2.28 bits per heavy atom. The first-order valence-corrected chi connectivity index (χ1v) is 5.58. The molecular formula is C11H24ClN3O3. The van der Waals surface area contributed by atoms with E-state index in [2.05, 4.69) is 10.6 Å². The molecule has 0 rings (SSSR count). The molecule has 0 bridgehead atoms. The van der Waals surface area contributed by atoms with Crippen LogP contribution in [0.15, 0.2) is 0 Å². The number of nitrogens with one attached hydrogen (secondary N) is 2. The smallest absolute Gasteiger partial charge is 0.239 e. The molecule has 0 saturated carbocycles. The molecule has 0 saturated heterocycles. The van der Waals surface area contributed by atoms with Crippen LogP contribution < -0.4 is 16.4 Å². The minimum absolute atomic E-state index is 0. The molecule has 108 valence electrons. The Labute approximate surface area is 114 Å². The standard InChI is InChI=1S/C11H23N3O3.ClH/c1-11(2,3)9(12)10(16)14-7-8(15)13-5-6-17-4;/h9H,5-7,12H2,1-4H3,(H,13,15)(H,14,16);1H/t9-;/m1./s1. The summed E-state index contributed by atoms with van der Waals surface area (Å²) >= 11 is 0. The third-order valence-corrected chi connectivity index (χ3v) is 2.27. The Bertz CT molecular complexity index is 267. The van der Waals surface area contributed by atoms with Gasteiger partial charge >= 0.3 is 0 Å². The van der Waals surface area contributed by atoms with Gasteiger partial charge in [-0.1, -0.05) is 20.8 Å². The molecule has 0 fully saturated rings. The number of carbonyl (C=O) groups excluding carboxylic acids is 2. The van der Waals surface area contributed by atoms with Crippen molar-refractivity contribution in [1.29, 1.82) is 0 Å². The van der Waals surface area contributed by atoms with Crippen LogP contribution in [-0.4, -0.2) is 44.7 Å². The SMILES string of the molecule is COCCNC(=O)CNC(=O)[C@@H](N)C(C)(C)C.Cl. The third kappa shape index (κ3) is 8.27. The second-order valence-electron chi connectivity index (χ2n) is 4.90. The maximum Gasteiger partial charge on any atom is 0.239 e. The topological polar surface area (TPSA) is 93.5 Å². The van der Waals surface area contributed by atoms with Gasteiger partial charge in [-0.05, 0) is 5.41 Å². The van der Waals surface area contributed by atoms with Gasteiger partial charge in [0.15, 0.2) is 0 Å². The number of rotatable bonds is 6. The lowest BCUT2D eigenvalue weighted by Crippen LogP contribution is -2.50. The molecule has 0 aromatic carbocycles. The number of hydrogen-bond acceptors (Lipinski definition) is 4. The number of ether oxygens (including phenoxy) is 1. The van der Waals surface area contributed by atoms with E-state index < -0.39 is 6.04 Å². The first kappa shape index (κ1) is 19.5. The predicted octanol–water partition coefficient (Wildman–Crippen LogP) is -0.340. The highest BCUT2D eigenvalue weighted by atomic mass is 35.5. The molecule has 0 radical (unpaired) electrons. The van der Waals surface area contributed by atoms with Gasteiger partial charge in [-0.3, -0.25) is 9.59 Å². The van der Waals surface area contributed by atoms with E-state index in [0.29, 0.717) is 13.2 Å². The van der Waals surface area contributed by atoms with E-state index in [0.717, 1.165) is 0 Å². The quantitative estimate of drug-likeness (QED) is 0.581. The molecule has 6 nitrogen and oxygen atoms in total. The van der Waals surface area contributed by atoms with Crippen molar-refractivity contribution in [3.05, 3.63) is 0 Å². The molecule has 2 amide bonds. The van der Waals surface area contributed by atoms with Crippen molar-refractivity contribution in [1.82, 2.24) is 10.6 Å². The van der Waals surface area contributed by atoms with Gasteiger partial charge in [0, 0.05) is 13.7 Å². The number of methoxy groups -OCH3 is 1. The van der Waals surface area contributed by atoms with E-state index in [4.69, 9.17) is 10.5 Å². The van der Waals surface area contributed by atoms with Crippen LogP contribution in [0.3, 0.4) is 0 Å². The minimum Gasteiger partial charge on any atom is -0.383 e. The minimum atomic E-state index is -0.630. The predicted molar refractivity (Wildman–Crippen MR) is 72.6 cm³/mol. The largest absolute Gasteiger partial charge is 0.383 e. The first-order valence-electron chi connectivity index (χ1n) is 5.58. The lowest BCUT2D eigenvalue weighted by molar-refractivity contribution is -0.128. The van der Waals surface area contributed by atoms with Gasteiger partial charge < -0.3 is 21.1 Å². The maximum absolute atomic E-state index is 11.6. The molecule has 0 unspecified atom stereocenters.